The molecule has 7 nitrogen and oxygen atoms in total. The number of hydrogen-bond donors (Lipinski definition) is 1. The van der Waals surface area contributed by atoms with Gasteiger partial charge in [0.2, 0.25) is 0 Å². The summed E-state index contributed by atoms with van der Waals surface area (Å²) in [5.41, 5.74) is 1.83. The van der Waals surface area contributed by atoms with Gasteiger partial charge in [0.15, 0.2) is 0 Å². The molecule has 27 heavy (non-hydrogen) atoms. The first-order valence-corrected chi connectivity index (χ1v) is 11.4. The summed E-state index contributed by atoms with van der Waals surface area (Å²) < 4.78 is 45.1. The van der Waals surface area contributed by atoms with Gasteiger partial charge in [-0.2, -0.15) is 17.1 Å². The van der Waals surface area contributed by atoms with E-state index in [4.69, 9.17) is 18.4 Å². The maximum atomic E-state index is 12.4. The fraction of sp³-hybridized carbons (Fsp3) is 0.647. The van der Waals surface area contributed by atoms with E-state index < -0.39 is 10.1 Å². The van der Waals surface area contributed by atoms with Crippen LogP contribution >= 0.6 is 24.1 Å². The van der Waals surface area contributed by atoms with Crippen LogP contribution in [-0.4, -0.2) is 27.2 Å². The predicted octanol–water partition coefficient (Wildman–Crippen LogP) is 5.47. The molecule has 0 heterocycles. The third kappa shape index (κ3) is 5.83. The maximum absolute atomic E-state index is 12.4. The van der Waals surface area contributed by atoms with Gasteiger partial charge in [-0.15, -0.1) is 0 Å². The summed E-state index contributed by atoms with van der Waals surface area (Å²) in [5.74, 6) is -0.370. The van der Waals surface area contributed by atoms with Gasteiger partial charge in [0.1, 0.15) is 4.90 Å². The molecule has 0 saturated heterocycles. The average molecular weight is 441 g/mol. The third-order valence-corrected chi connectivity index (χ3v) is 6.41. The zero-order valence-electron chi connectivity index (χ0n) is 16.9. The van der Waals surface area contributed by atoms with Gasteiger partial charge in [-0.3, -0.25) is 4.55 Å². The average Bonchev–Trinajstić information content (AvgIpc) is 2.54. The number of hydrogen-bond acceptors (Lipinski definition) is 8. The van der Waals surface area contributed by atoms with Crippen LogP contribution in [0.25, 0.3) is 0 Å². The molecule has 0 fully saturated rings. The summed E-state index contributed by atoms with van der Waals surface area (Å²) in [7, 11) is -1.78. The highest BCUT2D eigenvalue weighted by molar-refractivity contribution is 7.95. The minimum atomic E-state index is -4.51. The van der Waals surface area contributed by atoms with Crippen LogP contribution in [-0.2, 0) is 28.6 Å². The minimum Gasteiger partial charge on any atom is -0.282 e. The number of benzene rings is 1. The van der Waals surface area contributed by atoms with Crippen molar-refractivity contribution < 1.29 is 31.4 Å². The Labute approximate surface area is 170 Å². The molecule has 0 radical (unpaired) electrons. The van der Waals surface area contributed by atoms with Crippen molar-refractivity contribution in [3.05, 3.63) is 16.7 Å². The lowest BCUT2D eigenvalue weighted by Gasteiger charge is -2.28. The molecule has 0 amide bonds. The fourth-order valence-corrected chi connectivity index (χ4v) is 6.32. The van der Waals surface area contributed by atoms with Crippen molar-refractivity contribution in [2.75, 3.05) is 14.2 Å². The van der Waals surface area contributed by atoms with Crippen LogP contribution in [0.5, 0.6) is 0 Å². The van der Waals surface area contributed by atoms with Gasteiger partial charge >= 0.3 is 0 Å². The Balaban J connectivity index is 4.16. The Kier molecular flexibility index (Phi) is 9.56. The van der Waals surface area contributed by atoms with Crippen molar-refractivity contribution in [1.29, 1.82) is 0 Å². The molecule has 0 unspecified atom stereocenters. The summed E-state index contributed by atoms with van der Waals surface area (Å²) in [5, 5.41) is 0. The maximum Gasteiger partial charge on any atom is 0.295 e. The van der Waals surface area contributed by atoms with Crippen LogP contribution < -0.4 is 0 Å². The smallest absolute Gasteiger partial charge is 0.282 e. The summed E-state index contributed by atoms with van der Waals surface area (Å²) in [6.07, 6.45) is 0. The highest BCUT2D eigenvalue weighted by Gasteiger charge is 2.34. The molecule has 0 aromatic heterocycles. The van der Waals surface area contributed by atoms with Crippen LogP contribution in [0.15, 0.2) is 14.7 Å². The van der Waals surface area contributed by atoms with Gasteiger partial charge in [-0.05, 0) is 34.4 Å². The molecule has 0 bridgehead atoms. The van der Waals surface area contributed by atoms with E-state index in [1.54, 1.807) is 0 Å². The molecule has 0 aliphatic rings. The summed E-state index contributed by atoms with van der Waals surface area (Å²) in [6, 6.07) is 0. The van der Waals surface area contributed by atoms with Crippen LogP contribution in [0.2, 0.25) is 0 Å². The SMILES string of the molecule is COOSc1c(C(C)C)c(SOOC)c(C(C)C)c(S(=O)(=O)O)c1C(C)C. The van der Waals surface area contributed by atoms with Gasteiger partial charge < -0.3 is 0 Å². The van der Waals surface area contributed by atoms with E-state index in [0.717, 1.165) is 29.6 Å². The lowest BCUT2D eigenvalue weighted by Crippen LogP contribution is -2.16. The van der Waals surface area contributed by atoms with Gasteiger partial charge in [-0.25, -0.2) is 9.78 Å². The molecule has 0 aliphatic carbocycles. The molecule has 1 aromatic carbocycles. The van der Waals surface area contributed by atoms with Crippen LogP contribution in [0.4, 0.5) is 0 Å². The first-order valence-electron chi connectivity index (χ1n) is 8.44. The Hall–Kier alpha value is -0.330. The monoisotopic (exact) mass is 440 g/mol. The quantitative estimate of drug-likeness (QED) is 0.220. The lowest BCUT2D eigenvalue weighted by atomic mass is 9.89. The molecule has 1 N–H and O–H groups in total. The second-order valence-corrected chi connectivity index (χ2v) is 9.58. The molecule has 1 aromatic rings. The molecule has 0 aliphatic heterocycles. The Morgan fingerprint density at radius 3 is 1.30 bits per heavy atom. The van der Waals surface area contributed by atoms with Gasteiger partial charge in [0.05, 0.1) is 38.3 Å². The number of rotatable bonds is 10. The largest absolute Gasteiger partial charge is 0.295 e. The highest BCUT2D eigenvalue weighted by atomic mass is 32.2. The molecule has 0 atom stereocenters. The Morgan fingerprint density at radius 1 is 0.741 bits per heavy atom. The molecular formula is C17H28O7S3. The van der Waals surface area contributed by atoms with Gasteiger partial charge in [0.25, 0.3) is 10.1 Å². The lowest BCUT2D eigenvalue weighted by molar-refractivity contribution is -0.160. The first kappa shape index (κ1) is 24.7. The molecular weight excluding hydrogens is 412 g/mol. The van der Waals surface area contributed by atoms with Gasteiger partial charge in [0, 0.05) is 9.79 Å². The molecule has 1 rings (SSSR count). The van der Waals surface area contributed by atoms with Crippen molar-refractivity contribution in [2.45, 2.75) is 74.0 Å². The van der Waals surface area contributed by atoms with Crippen molar-refractivity contribution in [1.82, 2.24) is 0 Å². The normalized spacial score (nSPS) is 12.6. The topological polar surface area (TPSA) is 91.3 Å². The van der Waals surface area contributed by atoms with Crippen molar-refractivity contribution in [3.63, 3.8) is 0 Å². The standard InChI is InChI=1S/C17H28O7S3/c1-9(2)12-15(25-23-21-7)13(10(3)4)17(27(18,19)20)14(11(5)6)16(12)26-24-22-8/h9-11H,1-8H3,(H,18,19,20). The third-order valence-electron chi connectivity index (χ3n) is 3.83. The minimum absolute atomic E-state index is 0.0151. The summed E-state index contributed by atoms with van der Waals surface area (Å²) >= 11 is 1.84. The van der Waals surface area contributed by atoms with Crippen LogP contribution in [0.1, 0.15) is 76.0 Å². The zero-order chi connectivity index (χ0) is 20.9. The fourth-order valence-electron chi connectivity index (χ4n) is 2.91. The predicted molar refractivity (Wildman–Crippen MR) is 106 cm³/mol. The zero-order valence-corrected chi connectivity index (χ0v) is 19.3. The van der Waals surface area contributed by atoms with Gasteiger partial charge in [-0.1, -0.05) is 41.5 Å². The van der Waals surface area contributed by atoms with Crippen LogP contribution in [0.3, 0.4) is 0 Å². The first-order chi connectivity index (χ1) is 12.5. The Bertz CT molecular complexity index is 702. The van der Waals surface area contributed by atoms with E-state index in [1.807, 2.05) is 41.5 Å². The Morgan fingerprint density at radius 2 is 1.07 bits per heavy atom. The van der Waals surface area contributed by atoms with Crippen LogP contribution in [0, 0.1) is 0 Å². The molecule has 10 heteroatoms. The van der Waals surface area contributed by atoms with E-state index in [0.29, 0.717) is 20.9 Å². The van der Waals surface area contributed by atoms with E-state index in [-0.39, 0.29) is 22.6 Å². The second kappa shape index (κ2) is 10.4. The van der Waals surface area contributed by atoms with E-state index in [2.05, 4.69) is 0 Å². The molecule has 0 saturated carbocycles. The van der Waals surface area contributed by atoms with Crippen molar-refractivity contribution >= 4 is 34.2 Å². The van der Waals surface area contributed by atoms with E-state index in [9.17, 15) is 13.0 Å². The van der Waals surface area contributed by atoms with E-state index >= 15 is 0 Å². The molecule has 0 spiro atoms. The summed E-state index contributed by atoms with van der Waals surface area (Å²) in [6.45, 7) is 11.5. The second-order valence-electron chi connectivity index (χ2n) is 6.80. The van der Waals surface area contributed by atoms with E-state index in [1.165, 1.54) is 14.2 Å². The van der Waals surface area contributed by atoms with Crippen molar-refractivity contribution in [2.24, 2.45) is 0 Å². The molecule has 156 valence electrons. The highest BCUT2D eigenvalue weighted by Crippen LogP contribution is 2.49. The summed E-state index contributed by atoms with van der Waals surface area (Å²) in [4.78, 5) is 10.5. The van der Waals surface area contributed by atoms with Crippen molar-refractivity contribution in [3.8, 4) is 0 Å².